The molecule has 1 aliphatic heterocycles. The number of hydrogen-bond acceptors (Lipinski definition) is 6. The fraction of sp³-hybridized carbons (Fsp3) is 0.556. The molecule has 1 unspecified atom stereocenters. The minimum atomic E-state index is -3.34. The minimum absolute atomic E-state index is 0.00204. The Labute approximate surface area is 94.2 Å². The van der Waals surface area contributed by atoms with Crippen LogP contribution in [0.4, 0.5) is 5.82 Å². The third-order valence-corrected chi connectivity index (χ3v) is 3.74. The summed E-state index contributed by atoms with van der Waals surface area (Å²) in [5.41, 5.74) is 5.62. The Bertz CT molecular complexity index is 494. The number of rotatable bonds is 2. The van der Waals surface area contributed by atoms with Crippen molar-refractivity contribution >= 4 is 15.7 Å². The quantitative estimate of drug-likeness (QED) is 0.728. The zero-order valence-corrected chi connectivity index (χ0v) is 9.79. The number of sulfone groups is 1. The Morgan fingerprint density at radius 2 is 2.31 bits per heavy atom. The van der Waals surface area contributed by atoms with Gasteiger partial charge in [0.25, 0.3) is 0 Å². The number of nitrogens with one attached hydrogen (secondary N) is 1. The Hall–Kier alpha value is -1.21. The van der Waals surface area contributed by atoms with Crippen molar-refractivity contribution in [2.45, 2.75) is 17.2 Å². The molecule has 0 saturated carbocycles. The molecule has 0 aliphatic carbocycles. The molecule has 0 aromatic carbocycles. The van der Waals surface area contributed by atoms with Gasteiger partial charge in [0.2, 0.25) is 0 Å². The predicted molar refractivity (Wildman–Crippen MR) is 59.8 cm³/mol. The number of nitrogen functional groups attached to an aromatic ring is 1. The summed E-state index contributed by atoms with van der Waals surface area (Å²) < 4.78 is 22.6. The number of anilines is 1. The van der Waals surface area contributed by atoms with Gasteiger partial charge >= 0.3 is 0 Å². The van der Waals surface area contributed by atoms with Crippen LogP contribution in [0.15, 0.2) is 11.1 Å². The van der Waals surface area contributed by atoms with E-state index in [-0.39, 0.29) is 16.6 Å². The summed E-state index contributed by atoms with van der Waals surface area (Å²) in [4.78, 5) is 8.15. The molecule has 0 amide bonds. The minimum Gasteiger partial charge on any atom is -0.383 e. The maximum absolute atomic E-state index is 11.3. The normalized spacial score (nSPS) is 21.2. The molecule has 0 spiro atoms. The van der Waals surface area contributed by atoms with E-state index in [4.69, 9.17) is 5.73 Å². The molecule has 1 saturated heterocycles. The summed E-state index contributed by atoms with van der Waals surface area (Å²) in [6, 6.07) is 0. The molecule has 6 nitrogen and oxygen atoms in total. The van der Waals surface area contributed by atoms with Crippen molar-refractivity contribution < 1.29 is 8.42 Å². The summed E-state index contributed by atoms with van der Waals surface area (Å²) >= 11 is 0. The van der Waals surface area contributed by atoms with Crippen LogP contribution < -0.4 is 11.1 Å². The first-order chi connectivity index (χ1) is 7.48. The van der Waals surface area contributed by atoms with Gasteiger partial charge in [0.05, 0.1) is 6.20 Å². The van der Waals surface area contributed by atoms with Crippen molar-refractivity contribution in [1.29, 1.82) is 0 Å². The second-order valence-electron chi connectivity index (χ2n) is 3.94. The van der Waals surface area contributed by atoms with Crippen molar-refractivity contribution in [3.63, 3.8) is 0 Å². The van der Waals surface area contributed by atoms with E-state index in [2.05, 4.69) is 15.3 Å². The van der Waals surface area contributed by atoms with Gasteiger partial charge in [-0.05, 0) is 13.0 Å². The lowest BCUT2D eigenvalue weighted by Crippen LogP contribution is -2.13. The van der Waals surface area contributed by atoms with Crippen molar-refractivity contribution in [2.75, 3.05) is 25.1 Å². The standard InChI is InChI=1S/C9H14N4O2S/c1-16(14,15)7-5-12-9(13-8(7)10)6-2-3-11-4-6/h5-6,11H,2-4H2,1H3,(H2,10,12,13). The summed E-state index contributed by atoms with van der Waals surface area (Å²) in [5, 5.41) is 3.20. The molecule has 1 fully saturated rings. The summed E-state index contributed by atoms with van der Waals surface area (Å²) in [5.74, 6) is 0.894. The Morgan fingerprint density at radius 3 is 2.81 bits per heavy atom. The van der Waals surface area contributed by atoms with Gasteiger partial charge in [0, 0.05) is 18.7 Å². The average molecular weight is 242 g/mol. The topological polar surface area (TPSA) is 98.0 Å². The maximum atomic E-state index is 11.3. The lowest BCUT2D eigenvalue weighted by atomic mass is 10.1. The third-order valence-electron chi connectivity index (χ3n) is 2.63. The number of aromatic nitrogens is 2. The van der Waals surface area contributed by atoms with Crippen LogP contribution in [-0.4, -0.2) is 37.7 Å². The molecule has 3 N–H and O–H groups in total. The summed E-state index contributed by atoms with van der Waals surface area (Å²) in [7, 11) is -3.34. The molecule has 7 heteroatoms. The highest BCUT2D eigenvalue weighted by Crippen LogP contribution is 2.22. The van der Waals surface area contributed by atoms with E-state index >= 15 is 0 Å². The van der Waals surface area contributed by atoms with Crippen LogP contribution in [-0.2, 0) is 9.84 Å². The number of hydrogen-bond donors (Lipinski definition) is 2. The third kappa shape index (κ3) is 2.14. The zero-order valence-electron chi connectivity index (χ0n) is 8.97. The van der Waals surface area contributed by atoms with Crippen molar-refractivity contribution in [3.8, 4) is 0 Å². The van der Waals surface area contributed by atoms with Gasteiger partial charge in [-0.3, -0.25) is 0 Å². The average Bonchev–Trinajstić information content (AvgIpc) is 2.68. The Balaban J connectivity index is 2.36. The molecular formula is C9H14N4O2S. The van der Waals surface area contributed by atoms with Crippen LogP contribution in [0.2, 0.25) is 0 Å². The maximum Gasteiger partial charge on any atom is 0.180 e. The van der Waals surface area contributed by atoms with Gasteiger partial charge in [-0.1, -0.05) is 0 Å². The molecule has 1 atom stereocenters. The SMILES string of the molecule is CS(=O)(=O)c1cnc(C2CCNC2)nc1N. The van der Waals surface area contributed by atoms with Gasteiger partial charge < -0.3 is 11.1 Å². The first-order valence-electron chi connectivity index (χ1n) is 5.01. The van der Waals surface area contributed by atoms with Crippen molar-refractivity contribution in [3.05, 3.63) is 12.0 Å². The number of nitrogens with zero attached hydrogens (tertiary/aromatic N) is 2. The molecule has 88 valence electrons. The van der Waals surface area contributed by atoms with E-state index < -0.39 is 9.84 Å². The molecule has 0 bridgehead atoms. The first-order valence-corrected chi connectivity index (χ1v) is 6.91. The van der Waals surface area contributed by atoms with Gasteiger partial charge in [0.1, 0.15) is 16.5 Å². The second-order valence-corrected chi connectivity index (χ2v) is 5.92. The highest BCUT2D eigenvalue weighted by Gasteiger charge is 2.21. The first kappa shape index (κ1) is 11.3. The molecule has 1 aromatic rings. The van der Waals surface area contributed by atoms with Gasteiger partial charge in [-0.15, -0.1) is 0 Å². The fourth-order valence-electron chi connectivity index (χ4n) is 1.76. The van der Waals surface area contributed by atoms with Gasteiger partial charge in [-0.2, -0.15) is 0 Å². The van der Waals surface area contributed by atoms with Crippen molar-refractivity contribution in [2.24, 2.45) is 0 Å². The number of nitrogens with two attached hydrogens (primary N) is 1. The van der Waals surface area contributed by atoms with E-state index in [1.165, 1.54) is 6.20 Å². The van der Waals surface area contributed by atoms with Crippen LogP contribution in [0.25, 0.3) is 0 Å². The van der Waals surface area contributed by atoms with E-state index in [0.717, 1.165) is 25.8 Å². The van der Waals surface area contributed by atoms with E-state index in [1.54, 1.807) is 0 Å². The van der Waals surface area contributed by atoms with E-state index in [0.29, 0.717) is 5.82 Å². The molecule has 1 aliphatic rings. The monoisotopic (exact) mass is 242 g/mol. The lowest BCUT2D eigenvalue weighted by molar-refractivity contribution is 0.600. The largest absolute Gasteiger partial charge is 0.383 e. The zero-order chi connectivity index (χ0) is 11.8. The Morgan fingerprint density at radius 1 is 1.56 bits per heavy atom. The molecular weight excluding hydrogens is 228 g/mol. The highest BCUT2D eigenvalue weighted by molar-refractivity contribution is 7.90. The summed E-state index contributed by atoms with van der Waals surface area (Å²) in [6.45, 7) is 1.75. The molecule has 1 aromatic heterocycles. The van der Waals surface area contributed by atoms with Gasteiger partial charge in [0.15, 0.2) is 9.84 Å². The van der Waals surface area contributed by atoms with E-state index in [9.17, 15) is 8.42 Å². The van der Waals surface area contributed by atoms with Crippen LogP contribution in [0, 0.1) is 0 Å². The van der Waals surface area contributed by atoms with E-state index in [1.807, 2.05) is 0 Å². The molecule has 2 heterocycles. The predicted octanol–water partition coefficient (Wildman–Crippen LogP) is -0.461. The van der Waals surface area contributed by atoms with Gasteiger partial charge in [-0.25, -0.2) is 18.4 Å². The van der Waals surface area contributed by atoms with Crippen LogP contribution in [0.3, 0.4) is 0 Å². The molecule has 2 rings (SSSR count). The van der Waals surface area contributed by atoms with Crippen LogP contribution in [0.5, 0.6) is 0 Å². The van der Waals surface area contributed by atoms with Crippen molar-refractivity contribution in [1.82, 2.24) is 15.3 Å². The summed E-state index contributed by atoms with van der Waals surface area (Å²) in [6.07, 6.45) is 3.35. The van der Waals surface area contributed by atoms with Crippen LogP contribution >= 0.6 is 0 Å². The molecule has 16 heavy (non-hydrogen) atoms. The van der Waals surface area contributed by atoms with Crippen LogP contribution in [0.1, 0.15) is 18.2 Å². The lowest BCUT2D eigenvalue weighted by Gasteiger charge is -2.08. The highest BCUT2D eigenvalue weighted by atomic mass is 32.2. The second kappa shape index (κ2) is 3.99. The smallest absolute Gasteiger partial charge is 0.180 e. The Kier molecular flexibility index (Phi) is 2.81. The fourth-order valence-corrected chi connectivity index (χ4v) is 2.43. The molecule has 0 radical (unpaired) electrons.